The van der Waals surface area contributed by atoms with Crippen molar-refractivity contribution < 1.29 is 24.8 Å². The van der Waals surface area contributed by atoms with Crippen molar-refractivity contribution in [3.63, 3.8) is 0 Å². The summed E-state index contributed by atoms with van der Waals surface area (Å²) in [7, 11) is 0. The average Bonchev–Trinajstić information content (AvgIpc) is 2.64. The maximum absolute atomic E-state index is 9.94. The number of rotatable bonds is 5. The quantitative estimate of drug-likeness (QED) is 0.748. The Balaban J connectivity index is 1.50. The van der Waals surface area contributed by atoms with E-state index in [1.807, 2.05) is 12.1 Å². The minimum atomic E-state index is -1.27. The average molecular weight is 364 g/mol. The topological polar surface area (TPSA) is 79.2 Å². The van der Waals surface area contributed by atoms with E-state index in [-0.39, 0.29) is 6.61 Å². The van der Waals surface area contributed by atoms with Gasteiger partial charge in [-0.3, -0.25) is 0 Å². The minimum absolute atomic E-state index is 0.0555. The molecule has 3 N–H and O–H groups in total. The van der Waals surface area contributed by atoms with Crippen molar-refractivity contribution in [1.29, 1.82) is 0 Å². The van der Waals surface area contributed by atoms with Crippen molar-refractivity contribution in [2.24, 2.45) is 17.8 Å². The van der Waals surface area contributed by atoms with Crippen LogP contribution in [0.4, 0.5) is 0 Å². The van der Waals surface area contributed by atoms with E-state index in [4.69, 9.17) is 9.47 Å². The van der Waals surface area contributed by atoms with E-state index in [1.54, 1.807) is 0 Å². The van der Waals surface area contributed by atoms with Gasteiger partial charge in [-0.25, -0.2) is 0 Å². The molecule has 146 valence electrons. The standard InChI is InChI=1S/C21H32O5/c1-13(2)16-7-3-14(4-8-16)11-15-5-9-17(10-6-15)26-21-20(24)19(23)18(22)12-25-21/h5-6,9-10,13-14,16,18-24H,3-4,7-8,11-12H2,1-2H3/t14?,16?,18-,19-,20+,21+/m0/s1. The van der Waals surface area contributed by atoms with Gasteiger partial charge >= 0.3 is 0 Å². The zero-order valence-electron chi connectivity index (χ0n) is 15.8. The van der Waals surface area contributed by atoms with Crippen LogP contribution in [-0.4, -0.2) is 46.5 Å². The third-order valence-electron chi connectivity index (χ3n) is 5.99. The molecule has 1 saturated heterocycles. The largest absolute Gasteiger partial charge is 0.462 e. The summed E-state index contributed by atoms with van der Waals surface area (Å²) >= 11 is 0. The molecule has 0 bridgehead atoms. The summed E-state index contributed by atoms with van der Waals surface area (Å²) in [6, 6.07) is 7.87. The number of benzene rings is 1. The number of aliphatic hydroxyl groups excluding tert-OH is 3. The molecular formula is C21H32O5. The second kappa shape index (κ2) is 8.70. The van der Waals surface area contributed by atoms with Crippen LogP contribution >= 0.6 is 0 Å². The Morgan fingerprint density at radius 3 is 2.27 bits per heavy atom. The highest BCUT2D eigenvalue weighted by Gasteiger charge is 2.39. The highest BCUT2D eigenvalue weighted by molar-refractivity contribution is 5.28. The van der Waals surface area contributed by atoms with Crippen molar-refractivity contribution in [1.82, 2.24) is 0 Å². The maximum atomic E-state index is 9.94. The van der Waals surface area contributed by atoms with Crippen LogP contribution in [0.25, 0.3) is 0 Å². The molecule has 1 aliphatic carbocycles. The van der Waals surface area contributed by atoms with Crippen molar-refractivity contribution in [3.05, 3.63) is 29.8 Å². The Hall–Kier alpha value is -1.14. The lowest BCUT2D eigenvalue weighted by Crippen LogP contribution is -2.54. The summed E-state index contributed by atoms with van der Waals surface area (Å²) in [6.07, 6.45) is 1.82. The lowest BCUT2D eigenvalue weighted by Gasteiger charge is -2.35. The molecule has 4 atom stereocenters. The summed E-state index contributed by atoms with van der Waals surface area (Å²) < 4.78 is 10.9. The second-order valence-corrected chi connectivity index (χ2v) is 8.24. The summed E-state index contributed by atoms with van der Waals surface area (Å²) in [6.45, 7) is 4.60. The molecule has 1 aromatic rings. The van der Waals surface area contributed by atoms with Crippen LogP contribution in [0.1, 0.15) is 45.1 Å². The van der Waals surface area contributed by atoms with Crippen molar-refractivity contribution in [2.45, 2.75) is 70.6 Å². The van der Waals surface area contributed by atoms with Crippen LogP contribution in [0.15, 0.2) is 24.3 Å². The van der Waals surface area contributed by atoms with Gasteiger partial charge < -0.3 is 24.8 Å². The van der Waals surface area contributed by atoms with Crippen molar-refractivity contribution in [2.75, 3.05) is 6.61 Å². The predicted octanol–water partition coefficient (Wildman–Crippen LogP) is 2.51. The van der Waals surface area contributed by atoms with Gasteiger partial charge in [-0.2, -0.15) is 0 Å². The summed E-state index contributed by atoms with van der Waals surface area (Å²) in [5.74, 6) is 3.03. The normalized spacial score (nSPS) is 35.5. The SMILES string of the molecule is CC(C)C1CCC(Cc2ccc(O[C@H]3OC[C@H](O)[C@H](O)[C@H]3O)cc2)CC1. The number of hydrogen-bond acceptors (Lipinski definition) is 5. The van der Waals surface area contributed by atoms with Crippen molar-refractivity contribution in [3.8, 4) is 5.75 Å². The number of aliphatic hydroxyl groups is 3. The summed E-state index contributed by atoms with van der Waals surface area (Å²) in [4.78, 5) is 0. The van der Waals surface area contributed by atoms with Crippen LogP contribution in [0.3, 0.4) is 0 Å². The van der Waals surface area contributed by atoms with Gasteiger partial charge in [0.15, 0.2) is 0 Å². The third-order valence-corrected chi connectivity index (χ3v) is 5.99. The lowest BCUT2D eigenvalue weighted by atomic mass is 9.75. The molecule has 1 aromatic carbocycles. The first-order valence-electron chi connectivity index (χ1n) is 9.85. The minimum Gasteiger partial charge on any atom is -0.462 e. The molecule has 0 spiro atoms. The first kappa shape index (κ1) is 19.6. The van der Waals surface area contributed by atoms with Crippen molar-refractivity contribution >= 4 is 0 Å². The van der Waals surface area contributed by atoms with E-state index in [1.165, 1.54) is 31.2 Å². The zero-order valence-corrected chi connectivity index (χ0v) is 15.8. The Morgan fingerprint density at radius 1 is 1.00 bits per heavy atom. The van der Waals surface area contributed by atoms with E-state index in [2.05, 4.69) is 26.0 Å². The molecule has 1 saturated carbocycles. The Kier molecular flexibility index (Phi) is 6.56. The number of ether oxygens (including phenoxy) is 2. The van der Waals surface area contributed by atoms with Gasteiger partial charge in [-0.05, 0) is 67.6 Å². The Labute approximate surface area is 156 Å². The van der Waals surface area contributed by atoms with Crippen LogP contribution < -0.4 is 4.74 Å². The lowest BCUT2D eigenvalue weighted by molar-refractivity contribution is -0.242. The molecule has 2 fully saturated rings. The fourth-order valence-corrected chi connectivity index (χ4v) is 4.11. The van der Waals surface area contributed by atoms with E-state index in [9.17, 15) is 15.3 Å². The first-order valence-corrected chi connectivity index (χ1v) is 9.85. The Bertz CT molecular complexity index is 550. The monoisotopic (exact) mass is 364 g/mol. The van der Waals surface area contributed by atoms with Gasteiger partial charge in [0.25, 0.3) is 0 Å². The second-order valence-electron chi connectivity index (χ2n) is 8.24. The van der Waals surface area contributed by atoms with E-state index >= 15 is 0 Å². The van der Waals surface area contributed by atoms with Crippen LogP contribution in [0.5, 0.6) is 5.75 Å². The first-order chi connectivity index (χ1) is 12.4. The van der Waals surface area contributed by atoms with Gasteiger partial charge in [0, 0.05) is 0 Å². The molecule has 1 heterocycles. The molecule has 26 heavy (non-hydrogen) atoms. The number of hydrogen-bond donors (Lipinski definition) is 3. The molecule has 1 aliphatic heterocycles. The highest BCUT2D eigenvalue weighted by atomic mass is 16.7. The van der Waals surface area contributed by atoms with Gasteiger partial charge in [-0.1, -0.05) is 26.0 Å². The maximum Gasteiger partial charge on any atom is 0.228 e. The smallest absolute Gasteiger partial charge is 0.228 e. The van der Waals surface area contributed by atoms with E-state index < -0.39 is 24.6 Å². The van der Waals surface area contributed by atoms with Crippen LogP contribution in [0.2, 0.25) is 0 Å². The van der Waals surface area contributed by atoms with Gasteiger partial charge in [-0.15, -0.1) is 0 Å². The third kappa shape index (κ3) is 4.77. The van der Waals surface area contributed by atoms with E-state index in [0.717, 1.165) is 24.2 Å². The molecule has 0 aromatic heterocycles. The van der Waals surface area contributed by atoms with Gasteiger partial charge in [0.05, 0.1) is 6.61 Å². The zero-order chi connectivity index (χ0) is 18.7. The van der Waals surface area contributed by atoms with Crippen LogP contribution in [-0.2, 0) is 11.2 Å². The molecule has 3 rings (SSSR count). The fraction of sp³-hybridized carbons (Fsp3) is 0.714. The molecule has 0 radical (unpaired) electrons. The van der Waals surface area contributed by atoms with E-state index in [0.29, 0.717) is 5.75 Å². The van der Waals surface area contributed by atoms with Crippen LogP contribution in [0, 0.1) is 17.8 Å². The fourth-order valence-electron chi connectivity index (χ4n) is 4.11. The Morgan fingerprint density at radius 2 is 1.65 bits per heavy atom. The van der Waals surface area contributed by atoms with Gasteiger partial charge in [0.2, 0.25) is 6.29 Å². The molecule has 0 unspecified atom stereocenters. The molecule has 2 aliphatic rings. The summed E-state index contributed by atoms with van der Waals surface area (Å²) in [5, 5.41) is 29.1. The van der Waals surface area contributed by atoms with Gasteiger partial charge in [0.1, 0.15) is 24.1 Å². The molecule has 5 heteroatoms. The molecule has 5 nitrogen and oxygen atoms in total. The molecule has 0 amide bonds. The predicted molar refractivity (Wildman–Crippen MR) is 98.8 cm³/mol. The molecular weight excluding hydrogens is 332 g/mol. The summed E-state index contributed by atoms with van der Waals surface area (Å²) in [5.41, 5.74) is 1.30. The highest BCUT2D eigenvalue weighted by Crippen LogP contribution is 2.35.